The molecule has 3 aromatic carbocycles. The van der Waals surface area contributed by atoms with Gasteiger partial charge >= 0.3 is 0 Å². The van der Waals surface area contributed by atoms with E-state index >= 15 is 0 Å². The van der Waals surface area contributed by atoms with Crippen LogP contribution in [0.1, 0.15) is 0 Å². The summed E-state index contributed by atoms with van der Waals surface area (Å²) in [7, 11) is 0. The summed E-state index contributed by atoms with van der Waals surface area (Å²) in [6.07, 6.45) is 3.65. The van der Waals surface area contributed by atoms with Crippen molar-refractivity contribution < 1.29 is 0 Å². The molecule has 0 aliphatic carbocycles. The van der Waals surface area contributed by atoms with E-state index in [1.165, 1.54) is 0 Å². The average Bonchev–Trinajstić information content (AvgIpc) is 2.83. The third kappa shape index (κ3) is 2.86. The summed E-state index contributed by atoms with van der Waals surface area (Å²) in [5, 5.41) is 12.5. The van der Waals surface area contributed by atoms with E-state index in [1.54, 1.807) is 6.20 Å². The first-order valence-corrected chi connectivity index (χ1v) is 9.81. The molecule has 0 N–H and O–H groups in total. The van der Waals surface area contributed by atoms with Crippen LogP contribution in [0.5, 0.6) is 0 Å². The largest absolute Gasteiger partial charge is 0.256 e. The van der Waals surface area contributed by atoms with Crippen molar-refractivity contribution in [1.82, 2.24) is 20.2 Å². The second-order valence-electron chi connectivity index (χ2n) is 7.33. The van der Waals surface area contributed by atoms with Crippen LogP contribution in [0.15, 0.2) is 97.3 Å². The average molecular weight is 384 g/mol. The van der Waals surface area contributed by atoms with Crippen molar-refractivity contribution in [2.45, 2.75) is 0 Å². The van der Waals surface area contributed by atoms with Crippen LogP contribution in [0.25, 0.3) is 55.1 Å². The quantitative estimate of drug-likeness (QED) is 0.364. The first kappa shape index (κ1) is 16.7. The fraction of sp³-hybridized carbons (Fsp3) is 0. The third-order valence-electron chi connectivity index (χ3n) is 5.43. The number of aromatic nitrogens is 4. The van der Waals surface area contributed by atoms with Crippen LogP contribution in [0.3, 0.4) is 0 Å². The van der Waals surface area contributed by atoms with Gasteiger partial charge in [-0.3, -0.25) is 4.98 Å². The molecule has 0 aliphatic rings. The molecule has 0 unspecified atom stereocenters. The van der Waals surface area contributed by atoms with E-state index in [0.29, 0.717) is 0 Å². The minimum atomic E-state index is 0.884. The standard InChI is InChI=1S/C26H16N4/c1-2-4-23-17(3-1)7-9-24(29-23)19-6-5-18-15-26(27-16-22(18)14-19)20-8-10-25-21(13-20)11-12-28-30-25/h1-16H. The Morgan fingerprint density at radius 2 is 1.37 bits per heavy atom. The normalized spacial score (nSPS) is 11.3. The van der Waals surface area contributed by atoms with Crippen molar-refractivity contribution in [2.24, 2.45) is 0 Å². The molecule has 0 atom stereocenters. The third-order valence-corrected chi connectivity index (χ3v) is 5.43. The van der Waals surface area contributed by atoms with Crippen molar-refractivity contribution in [3.05, 3.63) is 97.3 Å². The summed E-state index contributed by atoms with van der Waals surface area (Å²) in [5.41, 5.74) is 5.96. The summed E-state index contributed by atoms with van der Waals surface area (Å²) in [4.78, 5) is 9.53. The predicted octanol–water partition coefficient (Wildman–Crippen LogP) is 6.06. The molecule has 0 saturated carbocycles. The molecule has 0 fully saturated rings. The Hall–Kier alpha value is -4.18. The predicted molar refractivity (Wildman–Crippen MR) is 121 cm³/mol. The number of fused-ring (bicyclic) bond motifs is 3. The smallest absolute Gasteiger partial charge is 0.0930 e. The van der Waals surface area contributed by atoms with Gasteiger partial charge in [-0.2, -0.15) is 10.2 Å². The van der Waals surface area contributed by atoms with Gasteiger partial charge in [-0.25, -0.2) is 4.98 Å². The number of hydrogen-bond donors (Lipinski definition) is 0. The number of para-hydroxylation sites is 1. The van der Waals surface area contributed by atoms with E-state index in [1.807, 2.05) is 42.6 Å². The Morgan fingerprint density at radius 3 is 2.37 bits per heavy atom. The van der Waals surface area contributed by atoms with E-state index < -0.39 is 0 Å². The number of nitrogens with zero attached hydrogens (tertiary/aromatic N) is 4. The lowest BCUT2D eigenvalue weighted by Gasteiger charge is -2.07. The molecule has 3 heterocycles. The lowest BCUT2D eigenvalue weighted by atomic mass is 10.0. The zero-order valence-corrected chi connectivity index (χ0v) is 16.0. The van der Waals surface area contributed by atoms with Crippen LogP contribution >= 0.6 is 0 Å². The highest BCUT2D eigenvalue weighted by Crippen LogP contribution is 2.28. The van der Waals surface area contributed by atoms with E-state index in [0.717, 1.165) is 55.1 Å². The first-order valence-electron chi connectivity index (χ1n) is 9.81. The Labute approximate surface area is 172 Å². The maximum atomic E-state index is 4.81. The monoisotopic (exact) mass is 384 g/mol. The molecule has 0 radical (unpaired) electrons. The Morgan fingerprint density at radius 1 is 0.533 bits per heavy atom. The van der Waals surface area contributed by atoms with Gasteiger partial charge in [0.15, 0.2) is 0 Å². The maximum Gasteiger partial charge on any atom is 0.0930 e. The van der Waals surface area contributed by atoms with Crippen molar-refractivity contribution in [3.8, 4) is 22.5 Å². The second kappa shape index (κ2) is 6.71. The molecule has 4 nitrogen and oxygen atoms in total. The van der Waals surface area contributed by atoms with Gasteiger partial charge in [0, 0.05) is 33.5 Å². The Bertz CT molecular complexity index is 1440. The van der Waals surface area contributed by atoms with Crippen molar-refractivity contribution in [3.63, 3.8) is 0 Å². The molecule has 4 heteroatoms. The van der Waals surface area contributed by atoms with Crippen molar-refractivity contribution in [2.75, 3.05) is 0 Å². The second-order valence-corrected chi connectivity index (χ2v) is 7.33. The Balaban J connectivity index is 1.41. The molecule has 6 aromatic rings. The molecule has 0 saturated heterocycles. The zero-order valence-electron chi connectivity index (χ0n) is 16.0. The maximum absolute atomic E-state index is 4.81. The molecule has 0 bridgehead atoms. The van der Waals surface area contributed by atoms with Crippen LogP contribution in [0, 0.1) is 0 Å². The number of hydrogen-bond acceptors (Lipinski definition) is 4. The molecule has 6 rings (SSSR count). The molecular weight excluding hydrogens is 368 g/mol. The summed E-state index contributed by atoms with van der Waals surface area (Å²) in [5.74, 6) is 0. The molecule has 0 amide bonds. The van der Waals surface area contributed by atoms with E-state index in [-0.39, 0.29) is 0 Å². The SMILES string of the molecule is c1ccc2nc(-c3ccc4cc(-c5ccc6nnccc6c5)ncc4c3)ccc2c1. The highest BCUT2D eigenvalue weighted by molar-refractivity contribution is 5.91. The summed E-state index contributed by atoms with van der Waals surface area (Å²) in [6.45, 7) is 0. The minimum absolute atomic E-state index is 0.884. The molecule has 0 aliphatic heterocycles. The molecule has 140 valence electrons. The van der Waals surface area contributed by atoms with E-state index in [9.17, 15) is 0 Å². The topological polar surface area (TPSA) is 51.6 Å². The van der Waals surface area contributed by atoms with Crippen LogP contribution in [-0.4, -0.2) is 20.2 Å². The van der Waals surface area contributed by atoms with Gasteiger partial charge in [-0.05, 0) is 47.9 Å². The van der Waals surface area contributed by atoms with Gasteiger partial charge in [0.05, 0.1) is 28.6 Å². The van der Waals surface area contributed by atoms with Crippen LogP contribution in [0.4, 0.5) is 0 Å². The fourth-order valence-electron chi connectivity index (χ4n) is 3.83. The van der Waals surface area contributed by atoms with Crippen LogP contribution < -0.4 is 0 Å². The Kier molecular flexibility index (Phi) is 3.74. The van der Waals surface area contributed by atoms with Gasteiger partial charge in [0.25, 0.3) is 0 Å². The van der Waals surface area contributed by atoms with Gasteiger partial charge in [0.2, 0.25) is 0 Å². The summed E-state index contributed by atoms with van der Waals surface area (Å²) < 4.78 is 0. The zero-order chi connectivity index (χ0) is 19.9. The van der Waals surface area contributed by atoms with Crippen LogP contribution in [0.2, 0.25) is 0 Å². The summed E-state index contributed by atoms with van der Waals surface area (Å²) in [6, 6.07) is 29.0. The van der Waals surface area contributed by atoms with Gasteiger partial charge in [0.1, 0.15) is 0 Å². The van der Waals surface area contributed by atoms with Crippen molar-refractivity contribution >= 4 is 32.6 Å². The van der Waals surface area contributed by atoms with E-state index in [4.69, 9.17) is 9.97 Å². The number of benzene rings is 3. The van der Waals surface area contributed by atoms with Gasteiger partial charge in [-0.1, -0.05) is 42.5 Å². The van der Waals surface area contributed by atoms with Crippen molar-refractivity contribution in [1.29, 1.82) is 0 Å². The molecule has 30 heavy (non-hydrogen) atoms. The lowest BCUT2D eigenvalue weighted by molar-refractivity contribution is 1.08. The highest BCUT2D eigenvalue weighted by Gasteiger charge is 2.06. The fourth-order valence-corrected chi connectivity index (χ4v) is 3.83. The molecule has 0 spiro atoms. The van der Waals surface area contributed by atoms with Crippen LogP contribution in [-0.2, 0) is 0 Å². The minimum Gasteiger partial charge on any atom is -0.256 e. The van der Waals surface area contributed by atoms with Gasteiger partial charge < -0.3 is 0 Å². The molecule has 3 aromatic heterocycles. The first-order chi connectivity index (χ1) is 14.8. The van der Waals surface area contributed by atoms with E-state index in [2.05, 4.69) is 58.7 Å². The summed E-state index contributed by atoms with van der Waals surface area (Å²) >= 11 is 0. The number of pyridine rings is 2. The van der Waals surface area contributed by atoms with Gasteiger partial charge in [-0.15, -0.1) is 0 Å². The highest BCUT2D eigenvalue weighted by atomic mass is 15.1. The lowest BCUT2D eigenvalue weighted by Crippen LogP contribution is -1.88. The number of rotatable bonds is 2. The molecular formula is C26H16N4.